The second kappa shape index (κ2) is 7.65. The molecular formula is C16H18F3IN2O2S. The van der Waals surface area contributed by atoms with E-state index in [4.69, 9.17) is 0 Å². The zero-order valence-corrected chi connectivity index (χ0v) is 16.7. The van der Waals surface area contributed by atoms with E-state index >= 15 is 0 Å². The number of imidazole rings is 1. The maximum atomic E-state index is 13.0. The highest BCUT2D eigenvalue weighted by Crippen LogP contribution is 2.35. The van der Waals surface area contributed by atoms with E-state index in [0.29, 0.717) is 11.9 Å². The van der Waals surface area contributed by atoms with E-state index in [9.17, 15) is 21.6 Å². The third kappa shape index (κ3) is 4.36. The topological polar surface area (TPSA) is 52.0 Å². The molecule has 0 atom stereocenters. The molecule has 9 heteroatoms. The van der Waals surface area contributed by atoms with Crippen molar-refractivity contribution in [2.75, 3.05) is 10.2 Å². The molecule has 0 N–H and O–H groups in total. The molecule has 0 aliphatic rings. The SMILES string of the molecule is CCS(=O)(=O)c1cc(C(F)(F)F)ccc1-c1ncc(CCCI)n1C. The van der Waals surface area contributed by atoms with Gasteiger partial charge in [-0.25, -0.2) is 13.4 Å². The van der Waals surface area contributed by atoms with Gasteiger partial charge in [0.25, 0.3) is 0 Å². The molecule has 0 fully saturated rings. The Kier molecular flexibility index (Phi) is 6.18. The van der Waals surface area contributed by atoms with Crippen molar-refractivity contribution in [3.8, 4) is 11.4 Å². The predicted octanol–water partition coefficient (Wildman–Crippen LogP) is 4.27. The number of aromatic nitrogens is 2. The summed E-state index contributed by atoms with van der Waals surface area (Å²) in [4.78, 5) is 3.92. The molecule has 2 aromatic rings. The van der Waals surface area contributed by atoms with E-state index in [2.05, 4.69) is 27.6 Å². The van der Waals surface area contributed by atoms with E-state index in [1.54, 1.807) is 17.8 Å². The predicted molar refractivity (Wildman–Crippen MR) is 98.6 cm³/mol. The third-order valence-corrected chi connectivity index (χ3v) is 6.45. The average molecular weight is 486 g/mol. The van der Waals surface area contributed by atoms with Crippen LogP contribution in [0.25, 0.3) is 11.4 Å². The lowest BCUT2D eigenvalue weighted by molar-refractivity contribution is -0.137. The van der Waals surface area contributed by atoms with Crippen LogP contribution in [0.4, 0.5) is 13.2 Å². The van der Waals surface area contributed by atoms with Gasteiger partial charge in [0.05, 0.1) is 16.2 Å². The van der Waals surface area contributed by atoms with Crippen molar-refractivity contribution in [3.63, 3.8) is 0 Å². The lowest BCUT2D eigenvalue weighted by Crippen LogP contribution is -2.12. The second-order valence-corrected chi connectivity index (χ2v) is 8.86. The first-order valence-corrected chi connectivity index (χ1v) is 10.8. The molecule has 0 unspecified atom stereocenters. The largest absolute Gasteiger partial charge is 0.416 e. The quantitative estimate of drug-likeness (QED) is 0.453. The van der Waals surface area contributed by atoms with Crippen LogP contribution in [0.5, 0.6) is 0 Å². The summed E-state index contributed by atoms with van der Waals surface area (Å²) in [6.45, 7) is 1.41. The fraction of sp³-hybridized carbons (Fsp3) is 0.438. The number of halogens is 4. The molecule has 2 rings (SSSR count). The van der Waals surface area contributed by atoms with E-state index in [1.807, 2.05) is 0 Å². The number of sulfone groups is 1. The van der Waals surface area contributed by atoms with Crippen molar-refractivity contribution in [2.45, 2.75) is 30.8 Å². The van der Waals surface area contributed by atoms with Crippen molar-refractivity contribution in [2.24, 2.45) is 7.05 Å². The monoisotopic (exact) mass is 486 g/mol. The highest BCUT2D eigenvalue weighted by Gasteiger charge is 2.33. The molecule has 25 heavy (non-hydrogen) atoms. The van der Waals surface area contributed by atoms with Crippen LogP contribution in [-0.4, -0.2) is 28.1 Å². The molecule has 0 aliphatic heterocycles. The van der Waals surface area contributed by atoms with E-state index in [0.717, 1.165) is 29.0 Å². The van der Waals surface area contributed by atoms with Crippen LogP contribution in [0.15, 0.2) is 29.3 Å². The highest BCUT2D eigenvalue weighted by molar-refractivity contribution is 14.1. The van der Waals surface area contributed by atoms with Gasteiger partial charge in [-0.2, -0.15) is 13.2 Å². The Labute approximate surface area is 158 Å². The smallest absolute Gasteiger partial charge is 0.331 e. The molecule has 0 spiro atoms. The second-order valence-electron chi connectivity index (χ2n) is 5.54. The zero-order chi connectivity index (χ0) is 18.8. The molecule has 138 valence electrons. The summed E-state index contributed by atoms with van der Waals surface area (Å²) in [7, 11) is -2.10. The van der Waals surface area contributed by atoms with E-state index < -0.39 is 21.6 Å². The van der Waals surface area contributed by atoms with Gasteiger partial charge in [0.1, 0.15) is 5.82 Å². The minimum Gasteiger partial charge on any atom is -0.331 e. The fourth-order valence-corrected chi connectivity index (χ4v) is 3.96. The van der Waals surface area contributed by atoms with Gasteiger partial charge in [0.15, 0.2) is 9.84 Å². The lowest BCUT2D eigenvalue weighted by atomic mass is 10.1. The highest BCUT2D eigenvalue weighted by atomic mass is 127. The Balaban J connectivity index is 2.64. The Morgan fingerprint density at radius 3 is 2.52 bits per heavy atom. The van der Waals surface area contributed by atoms with E-state index in [-0.39, 0.29) is 16.2 Å². The summed E-state index contributed by atoms with van der Waals surface area (Å²) in [6, 6.07) is 2.78. The minimum absolute atomic E-state index is 0.193. The van der Waals surface area contributed by atoms with Crippen LogP contribution < -0.4 is 0 Å². The summed E-state index contributed by atoms with van der Waals surface area (Å²) in [5.74, 6) is 0.0668. The van der Waals surface area contributed by atoms with Crippen molar-refractivity contribution in [1.82, 2.24) is 9.55 Å². The van der Waals surface area contributed by atoms with Crippen molar-refractivity contribution >= 4 is 32.4 Å². The van der Waals surface area contributed by atoms with Gasteiger partial charge >= 0.3 is 6.18 Å². The molecule has 0 aliphatic carbocycles. The van der Waals surface area contributed by atoms with Crippen LogP contribution in [0.1, 0.15) is 24.6 Å². The van der Waals surface area contributed by atoms with E-state index in [1.165, 1.54) is 13.0 Å². The number of rotatable bonds is 6. The number of alkyl halides is 4. The standard InChI is InChI=1S/C16H18F3IN2O2S/c1-3-25(23,24)14-9-11(16(17,18)19)6-7-13(14)15-21-10-12(22(15)2)5-4-8-20/h6-7,9-10H,3-5,8H2,1-2H3. The Morgan fingerprint density at radius 1 is 1.28 bits per heavy atom. The van der Waals surface area contributed by atoms with Gasteiger partial charge < -0.3 is 4.57 Å². The molecule has 0 amide bonds. The number of hydrogen-bond acceptors (Lipinski definition) is 3. The van der Waals surface area contributed by atoms with Gasteiger partial charge in [0.2, 0.25) is 0 Å². The normalized spacial score (nSPS) is 12.6. The van der Waals surface area contributed by atoms with Crippen LogP contribution >= 0.6 is 22.6 Å². The maximum absolute atomic E-state index is 13.0. The van der Waals surface area contributed by atoms with Gasteiger partial charge in [0, 0.05) is 24.5 Å². The fourth-order valence-electron chi connectivity index (χ4n) is 2.47. The Morgan fingerprint density at radius 2 is 1.96 bits per heavy atom. The van der Waals surface area contributed by atoms with Crippen LogP contribution in [0.2, 0.25) is 0 Å². The molecule has 0 radical (unpaired) electrons. The molecule has 1 aromatic carbocycles. The summed E-state index contributed by atoms with van der Waals surface area (Å²) < 4.78 is 66.4. The Bertz CT molecular complexity index is 861. The van der Waals surface area contributed by atoms with Gasteiger partial charge in [-0.3, -0.25) is 0 Å². The summed E-state index contributed by atoms with van der Waals surface area (Å²) in [5.41, 5.74) is 0.118. The molecule has 1 heterocycles. The third-order valence-electron chi connectivity index (χ3n) is 3.92. The van der Waals surface area contributed by atoms with Gasteiger partial charge in [-0.15, -0.1) is 0 Å². The van der Waals surface area contributed by atoms with Crippen molar-refractivity contribution in [1.29, 1.82) is 0 Å². The number of hydrogen-bond donors (Lipinski definition) is 0. The van der Waals surface area contributed by atoms with Crippen molar-refractivity contribution in [3.05, 3.63) is 35.7 Å². The van der Waals surface area contributed by atoms with Gasteiger partial charge in [-0.05, 0) is 35.5 Å². The minimum atomic E-state index is -4.61. The Hall–Kier alpha value is -1.10. The molecule has 0 saturated heterocycles. The van der Waals surface area contributed by atoms with Gasteiger partial charge in [-0.1, -0.05) is 29.5 Å². The molecule has 0 bridgehead atoms. The molecular weight excluding hydrogens is 468 g/mol. The average Bonchev–Trinajstić information content (AvgIpc) is 2.92. The number of nitrogens with zero attached hydrogens (tertiary/aromatic N) is 2. The first-order chi connectivity index (χ1) is 11.6. The first kappa shape index (κ1) is 20.2. The molecule has 4 nitrogen and oxygen atoms in total. The molecule has 1 aromatic heterocycles. The summed E-state index contributed by atoms with van der Waals surface area (Å²) >= 11 is 2.26. The number of benzene rings is 1. The zero-order valence-electron chi connectivity index (χ0n) is 13.8. The van der Waals surface area contributed by atoms with Crippen LogP contribution in [0, 0.1) is 0 Å². The lowest BCUT2D eigenvalue weighted by Gasteiger charge is -2.14. The molecule has 0 saturated carbocycles. The number of aryl methyl sites for hydroxylation is 1. The van der Waals surface area contributed by atoms with Crippen LogP contribution in [-0.2, 0) is 29.5 Å². The van der Waals surface area contributed by atoms with Crippen molar-refractivity contribution < 1.29 is 21.6 Å². The summed E-state index contributed by atoms with van der Waals surface area (Å²) in [6.07, 6.45) is -1.26. The van der Waals surface area contributed by atoms with Crippen LogP contribution in [0.3, 0.4) is 0 Å². The summed E-state index contributed by atoms with van der Waals surface area (Å²) in [5, 5.41) is 0. The maximum Gasteiger partial charge on any atom is 0.416 e. The first-order valence-electron chi connectivity index (χ1n) is 7.62.